The molecule has 1 aromatic carbocycles. The van der Waals surface area contributed by atoms with Crippen LogP contribution in [-0.2, 0) is 16.3 Å². The number of amides is 1. The number of hydrogen-bond acceptors (Lipinski definition) is 4. The van der Waals surface area contributed by atoms with Gasteiger partial charge in [-0.05, 0) is 49.4 Å². The SMILES string of the molecule is Cc1ccc2c(c1)CCC[C@H]2NC(=O)c1ccc(S(C)(=O)=O)s1. The fourth-order valence-corrected chi connectivity index (χ4v) is 4.79. The Balaban J connectivity index is 1.81. The summed E-state index contributed by atoms with van der Waals surface area (Å²) >= 11 is 1.02. The highest BCUT2D eigenvalue weighted by Gasteiger charge is 2.23. The number of sulfone groups is 1. The number of fused-ring (bicyclic) bond motifs is 1. The molecule has 1 aliphatic rings. The van der Waals surface area contributed by atoms with Gasteiger partial charge in [0.25, 0.3) is 5.91 Å². The van der Waals surface area contributed by atoms with E-state index in [4.69, 9.17) is 0 Å². The van der Waals surface area contributed by atoms with Crippen molar-refractivity contribution in [1.82, 2.24) is 5.32 Å². The minimum Gasteiger partial charge on any atom is -0.345 e. The molecule has 0 unspecified atom stereocenters. The van der Waals surface area contributed by atoms with E-state index in [1.54, 1.807) is 6.07 Å². The molecule has 2 aromatic rings. The van der Waals surface area contributed by atoms with Gasteiger partial charge >= 0.3 is 0 Å². The second kappa shape index (κ2) is 6.09. The molecule has 1 atom stereocenters. The van der Waals surface area contributed by atoms with E-state index in [2.05, 4.69) is 30.4 Å². The molecule has 0 radical (unpaired) electrons. The van der Waals surface area contributed by atoms with Crippen LogP contribution in [0.4, 0.5) is 0 Å². The lowest BCUT2D eigenvalue weighted by molar-refractivity contribution is 0.0937. The third-order valence-electron chi connectivity index (χ3n) is 4.09. The lowest BCUT2D eigenvalue weighted by Gasteiger charge is -2.26. The molecule has 0 spiro atoms. The van der Waals surface area contributed by atoms with Crippen molar-refractivity contribution in [3.63, 3.8) is 0 Å². The summed E-state index contributed by atoms with van der Waals surface area (Å²) in [5.41, 5.74) is 3.70. The Hall–Kier alpha value is -1.66. The summed E-state index contributed by atoms with van der Waals surface area (Å²) in [6.45, 7) is 2.07. The highest BCUT2D eigenvalue weighted by molar-refractivity contribution is 7.92. The number of hydrogen-bond donors (Lipinski definition) is 1. The highest BCUT2D eigenvalue weighted by atomic mass is 32.2. The Bertz CT molecular complexity index is 852. The summed E-state index contributed by atoms with van der Waals surface area (Å²) in [5, 5.41) is 3.05. The molecule has 6 heteroatoms. The summed E-state index contributed by atoms with van der Waals surface area (Å²) in [6, 6.07) is 9.40. The summed E-state index contributed by atoms with van der Waals surface area (Å²) in [5.74, 6) is -0.205. The van der Waals surface area contributed by atoms with Gasteiger partial charge in [-0.25, -0.2) is 8.42 Å². The number of benzene rings is 1. The first kappa shape index (κ1) is 16.2. The lowest BCUT2D eigenvalue weighted by atomic mass is 9.86. The van der Waals surface area contributed by atoms with Gasteiger partial charge in [0.15, 0.2) is 9.84 Å². The van der Waals surface area contributed by atoms with E-state index in [-0.39, 0.29) is 16.2 Å². The Kier molecular flexibility index (Phi) is 4.29. The van der Waals surface area contributed by atoms with Crippen molar-refractivity contribution >= 4 is 27.1 Å². The quantitative estimate of drug-likeness (QED) is 0.925. The number of rotatable bonds is 3. The van der Waals surface area contributed by atoms with Crippen LogP contribution in [0.25, 0.3) is 0 Å². The van der Waals surface area contributed by atoms with Gasteiger partial charge < -0.3 is 5.32 Å². The Morgan fingerprint density at radius 3 is 2.74 bits per heavy atom. The van der Waals surface area contributed by atoms with Gasteiger partial charge in [0.05, 0.1) is 10.9 Å². The maximum atomic E-state index is 12.4. The zero-order valence-electron chi connectivity index (χ0n) is 13.1. The first-order valence-electron chi connectivity index (χ1n) is 7.55. The molecule has 4 nitrogen and oxygen atoms in total. The average Bonchev–Trinajstić information content (AvgIpc) is 2.97. The van der Waals surface area contributed by atoms with Crippen molar-refractivity contribution < 1.29 is 13.2 Å². The predicted molar refractivity (Wildman–Crippen MR) is 91.8 cm³/mol. The van der Waals surface area contributed by atoms with Crippen LogP contribution in [0.2, 0.25) is 0 Å². The monoisotopic (exact) mass is 349 g/mol. The van der Waals surface area contributed by atoms with Crippen LogP contribution in [0.15, 0.2) is 34.5 Å². The number of nitrogens with one attached hydrogen (secondary N) is 1. The van der Waals surface area contributed by atoms with Crippen molar-refractivity contribution in [2.45, 2.75) is 36.4 Å². The van der Waals surface area contributed by atoms with Crippen LogP contribution >= 0.6 is 11.3 Å². The average molecular weight is 349 g/mol. The van der Waals surface area contributed by atoms with Crippen molar-refractivity contribution in [1.29, 1.82) is 0 Å². The zero-order chi connectivity index (χ0) is 16.6. The Morgan fingerprint density at radius 1 is 1.26 bits per heavy atom. The van der Waals surface area contributed by atoms with Crippen molar-refractivity contribution in [3.05, 3.63) is 51.9 Å². The molecule has 122 valence electrons. The highest BCUT2D eigenvalue weighted by Crippen LogP contribution is 2.31. The minimum atomic E-state index is -3.26. The first-order valence-corrected chi connectivity index (χ1v) is 10.3. The normalized spacial score (nSPS) is 17.6. The van der Waals surface area contributed by atoms with Crippen LogP contribution in [0.1, 0.15) is 45.2 Å². The Labute approximate surface area is 140 Å². The molecule has 3 rings (SSSR count). The topological polar surface area (TPSA) is 63.2 Å². The maximum absolute atomic E-state index is 12.4. The molecule has 1 N–H and O–H groups in total. The molecular formula is C17H19NO3S2. The van der Waals surface area contributed by atoms with Crippen molar-refractivity contribution in [2.24, 2.45) is 0 Å². The summed E-state index contributed by atoms with van der Waals surface area (Å²) in [4.78, 5) is 12.9. The van der Waals surface area contributed by atoms with Crippen LogP contribution in [0.5, 0.6) is 0 Å². The van der Waals surface area contributed by atoms with Crippen molar-refractivity contribution in [3.8, 4) is 0 Å². The summed E-state index contributed by atoms with van der Waals surface area (Å²) in [7, 11) is -3.26. The molecule has 0 fully saturated rings. The molecule has 1 amide bonds. The van der Waals surface area contributed by atoms with Gasteiger partial charge in [-0.3, -0.25) is 4.79 Å². The first-order chi connectivity index (χ1) is 10.8. The zero-order valence-corrected chi connectivity index (χ0v) is 14.8. The molecular weight excluding hydrogens is 330 g/mol. The standard InChI is InChI=1S/C17H19NO3S2/c1-11-6-7-13-12(10-11)4-3-5-14(13)18-17(19)15-8-9-16(22-15)23(2,20)21/h6-10,14H,3-5H2,1-2H3,(H,18,19)/t14-/m1/s1. The molecule has 0 saturated heterocycles. The van der Waals surface area contributed by atoms with E-state index in [0.717, 1.165) is 36.9 Å². The van der Waals surface area contributed by atoms with Crippen molar-refractivity contribution in [2.75, 3.05) is 6.26 Å². The van der Waals surface area contributed by atoms with E-state index in [1.165, 1.54) is 22.8 Å². The van der Waals surface area contributed by atoms with Crippen LogP contribution in [0, 0.1) is 6.92 Å². The second-order valence-corrected chi connectivity index (χ2v) is 9.34. The molecule has 1 aliphatic carbocycles. The molecule has 1 aromatic heterocycles. The minimum absolute atomic E-state index is 0.00404. The third-order valence-corrected chi connectivity index (χ3v) is 6.99. The van der Waals surface area contributed by atoms with Crippen LogP contribution in [-0.4, -0.2) is 20.6 Å². The van der Waals surface area contributed by atoms with Crippen LogP contribution in [0.3, 0.4) is 0 Å². The smallest absolute Gasteiger partial charge is 0.261 e. The van der Waals surface area contributed by atoms with E-state index in [1.807, 2.05) is 0 Å². The van der Waals surface area contributed by atoms with E-state index >= 15 is 0 Å². The van der Waals surface area contributed by atoms with Gasteiger partial charge in [0.1, 0.15) is 4.21 Å². The van der Waals surface area contributed by atoms with E-state index < -0.39 is 9.84 Å². The van der Waals surface area contributed by atoms with Gasteiger partial charge in [0, 0.05) is 6.26 Å². The van der Waals surface area contributed by atoms with Gasteiger partial charge in [-0.1, -0.05) is 23.8 Å². The molecule has 0 saturated carbocycles. The van der Waals surface area contributed by atoms with Gasteiger partial charge in [-0.15, -0.1) is 11.3 Å². The second-order valence-electron chi connectivity index (χ2n) is 6.01. The fourth-order valence-electron chi connectivity index (χ4n) is 2.96. The number of thiophene rings is 1. The molecule has 1 heterocycles. The number of carbonyl (C=O) groups is 1. The maximum Gasteiger partial charge on any atom is 0.261 e. The summed E-state index contributed by atoms with van der Waals surface area (Å²) < 4.78 is 23.3. The largest absolute Gasteiger partial charge is 0.345 e. The van der Waals surface area contributed by atoms with Gasteiger partial charge in [0.2, 0.25) is 0 Å². The molecule has 0 aliphatic heterocycles. The lowest BCUT2D eigenvalue weighted by Crippen LogP contribution is -2.30. The molecule has 0 bridgehead atoms. The Morgan fingerprint density at radius 2 is 2.04 bits per heavy atom. The van der Waals surface area contributed by atoms with Gasteiger partial charge in [-0.2, -0.15) is 0 Å². The van der Waals surface area contributed by atoms with Crippen LogP contribution < -0.4 is 5.32 Å². The molecule has 23 heavy (non-hydrogen) atoms. The number of aryl methyl sites for hydroxylation is 2. The third kappa shape index (κ3) is 3.48. The fraction of sp³-hybridized carbons (Fsp3) is 0.353. The number of carbonyl (C=O) groups excluding carboxylic acids is 1. The van der Waals surface area contributed by atoms with E-state index in [0.29, 0.717) is 4.88 Å². The van der Waals surface area contributed by atoms with E-state index in [9.17, 15) is 13.2 Å². The summed E-state index contributed by atoms with van der Waals surface area (Å²) in [6.07, 6.45) is 4.15. The predicted octanol–water partition coefficient (Wildman–Crippen LogP) is 3.27.